The molecular weight excluding hydrogens is 237 g/mol. The first-order chi connectivity index (χ1) is 6.93. The predicted octanol–water partition coefficient (Wildman–Crippen LogP) is -2.70. The largest absolute Gasteiger partial charge is 1.00 e. The van der Waals surface area contributed by atoms with Gasteiger partial charge in [0.2, 0.25) is 0 Å². The van der Waals surface area contributed by atoms with Crippen molar-refractivity contribution in [3.63, 3.8) is 0 Å². The van der Waals surface area contributed by atoms with E-state index in [1.807, 2.05) is 19.0 Å². The molecule has 0 aliphatic rings. The van der Waals surface area contributed by atoms with Crippen LogP contribution in [0.1, 0.15) is 11.4 Å². The van der Waals surface area contributed by atoms with Crippen LogP contribution in [0.5, 0.6) is 0 Å². The summed E-state index contributed by atoms with van der Waals surface area (Å²) in [6, 6.07) is 0. The Labute approximate surface area is 121 Å². The second-order valence-electron chi connectivity index (χ2n) is 3.76. The molecule has 0 saturated heterocycles. The molecule has 1 atom stereocenters. The summed E-state index contributed by atoms with van der Waals surface area (Å²) < 4.78 is 23.6. The Kier molecular flexibility index (Phi) is 7.00. The summed E-state index contributed by atoms with van der Waals surface area (Å²) in [4.78, 5) is 2.36. The number of hydrogen-bond donors (Lipinski definition) is 0. The van der Waals surface area contributed by atoms with Crippen LogP contribution >= 0.6 is 0 Å². The Morgan fingerprint density at radius 2 is 2.00 bits per heavy atom. The van der Waals surface area contributed by atoms with Gasteiger partial charge in [-0.05, 0) is 39.0 Å². The maximum absolute atomic E-state index is 10.9. The maximum atomic E-state index is 10.9. The van der Waals surface area contributed by atoms with E-state index in [0.29, 0.717) is 22.8 Å². The average molecular weight is 253 g/mol. The minimum absolute atomic E-state index is 0. The van der Waals surface area contributed by atoms with Crippen LogP contribution in [0.25, 0.3) is 0 Å². The molecule has 0 aromatic carbocycles. The smallest absolute Gasteiger partial charge is 0.768 e. The van der Waals surface area contributed by atoms with E-state index in [1.54, 1.807) is 18.5 Å². The summed E-state index contributed by atoms with van der Waals surface area (Å²) in [6.07, 6.45) is 0. The number of nitrogens with zero attached hydrogens (tertiary/aromatic N) is 3. The van der Waals surface area contributed by atoms with E-state index in [-0.39, 0.29) is 29.6 Å². The van der Waals surface area contributed by atoms with Crippen molar-refractivity contribution in [2.24, 2.45) is 0 Å². The first-order valence-electron chi connectivity index (χ1n) is 4.71. The van der Waals surface area contributed by atoms with Gasteiger partial charge in [0, 0.05) is 6.54 Å². The van der Waals surface area contributed by atoms with Crippen LogP contribution in [0.3, 0.4) is 0 Å². The summed E-state index contributed by atoms with van der Waals surface area (Å²) in [6.45, 7) is 5.04. The van der Waals surface area contributed by atoms with Gasteiger partial charge in [0.05, 0.1) is 22.8 Å². The van der Waals surface area contributed by atoms with Crippen LogP contribution in [0, 0.1) is 13.8 Å². The molecule has 0 aliphatic carbocycles. The SMILES string of the molecule is Cc1nn(CCN(C)C)c(C)c1S(=O)[O-].[Na+]. The standard InChI is InChI=1S/C9H17N3O2S.Na/c1-7-9(15(13)14)8(2)12(10-7)6-5-11(3)4;/h5-6H2,1-4H3,(H,13,14);/q;+1/p-1. The van der Waals surface area contributed by atoms with Crippen LogP contribution in [0.15, 0.2) is 4.90 Å². The minimum atomic E-state index is -2.19. The molecule has 1 aromatic heterocycles. The average Bonchev–Trinajstić information content (AvgIpc) is 2.37. The normalized spacial score (nSPS) is 12.6. The Morgan fingerprint density at radius 1 is 1.44 bits per heavy atom. The van der Waals surface area contributed by atoms with E-state index in [2.05, 4.69) is 5.10 Å². The predicted molar refractivity (Wildman–Crippen MR) is 57.4 cm³/mol. The van der Waals surface area contributed by atoms with Gasteiger partial charge in [-0.3, -0.25) is 8.89 Å². The zero-order valence-corrected chi connectivity index (χ0v) is 13.3. The van der Waals surface area contributed by atoms with E-state index in [4.69, 9.17) is 0 Å². The second kappa shape index (κ2) is 6.88. The molecule has 86 valence electrons. The quantitative estimate of drug-likeness (QED) is 0.433. The van der Waals surface area contributed by atoms with Crippen molar-refractivity contribution in [2.45, 2.75) is 25.3 Å². The molecule has 1 rings (SSSR count). The van der Waals surface area contributed by atoms with Crippen LogP contribution in [0.2, 0.25) is 0 Å². The van der Waals surface area contributed by atoms with Gasteiger partial charge < -0.3 is 9.45 Å². The zero-order chi connectivity index (χ0) is 11.6. The fraction of sp³-hybridized carbons (Fsp3) is 0.667. The van der Waals surface area contributed by atoms with Crippen LogP contribution in [-0.2, 0) is 17.6 Å². The Balaban J connectivity index is 0.00000225. The molecule has 1 aromatic rings. The van der Waals surface area contributed by atoms with Gasteiger partial charge in [-0.1, -0.05) is 0 Å². The van der Waals surface area contributed by atoms with Gasteiger partial charge in [-0.25, -0.2) is 0 Å². The van der Waals surface area contributed by atoms with Crippen LogP contribution in [-0.4, -0.2) is 44.1 Å². The summed E-state index contributed by atoms with van der Waals surface area (Å²) >= 11 is -2.19. The Hall–Kier alpha value is 0.280. The van der Waals surface area contributed by atoms with Gasteiger partial charge >= 0.3 is 29.6 Å². The zero-order valence-electron chi connectivity index (χ0n) is 10.5. The molecule has 5 nitrogen and oxygen atoms in total. The molecule has 0 radical (unpaired) electrons. The Morgan fingerprint density at radius 3 is 2.38 bits per heavy atom. The molecule has 1 unspecified atom stereocenters. The maximum Gasteiger partial charge on any atom is 1.00 e. The van der Waals surface area contributed by atoms with Gasteiger partial charge in [-0.15, -0.1) is 0 Å². The van der Waals surface area contributed by atoms with Crippen molar-refractivity contribution in [3.05, 3.63) is 11.4 Å². The minimum Gasteiger partial charge on any atom is -0.768 e. The number of rotatable bonds is 4. The summed E-state index contributed by atoms with van der Waals surface area (Å²) in [7, 11) is 3.94. The van der Waals surface area contributed by atoms with Crippen molar-refractivity contribution in [1.29, 1.82) is 0 Å². The van der Waals surface area contributed by atoms with Crippen molar-refractivity contribution in [1.82, 2.24) is 14.7 Å². The number of aromatic nitrogens is 2. The van der Waals surface area contributed by atoms with Gasteiger partial charge in [0.25, 0.3) is 0 Å². The van der Waals surface area contributed by atoms with E-state index >= 15 is 0 Å². The van der Waals surface area contributed by atoms with E-state index in [0.717, 1.165) is 6.54 Å². The molecule has 7 heteroatoms. The van der Waals surface area contributed by atoms with Crippen molar-refractivity contribution in [3.8, 4) is 0 Å². The first-order valence-corrected chi connectivity index (χ1v) is 5.79. The third-order valence-electron chi connectivity index (χ3n) is 2.24. The molecule has 0 bridgehead atoms. The van der Waals surface area contributed by atoms with Crippen LogP contribution in [0.4, 0.5) is 0 Å². The molecule has 0 spiro atoms. The summed E-state index contributed by atoms with van der Waals surface area (Å²) in [5, 5.41) is 4.20. The molecule has 1 heterocycles. The molecule has 0 saturated carbocycles. The Bertz CT molecular complexity index is 379. The second-order valence-corrected chi connectivity index (χ2v) is 4.64. The summed E-state index contributed by atoms with van der Waals surface area (Å²) in [5.74, 6) is 0. The number of hydrogen-bond acceptors (Lipinski definition) is 4. The third kappa shape index (κ3) is 3.94. The van der Waals surface area contributed by atoms with Crippen LogP contribution < -0.4 is 29.6 Å². The molecule has 0 amide bonds. The topological polar surface area (TPSA) is 61.2 Å². The molecule has 0 fully saturated rings. The number of likely N-dealkylation sites (N-methyl/N-ethyl adjacent to an activating group) is 1. The van der Waals surface area contributed by atoms with E-state index < -0.39 is 11.1 Å². The van der Waals surface area contributed by atoms with Gasteiger partial charge in [0.1, 0.15) is 0 Å². The van der Waals surface area contributed by atoms with Crippen molar-refractivity contribution < 1.29 is 38.3 Å². The van der Waals surface area contributed by atoms with Gasteiger partial charge in [-0.2, -0.15) is 5.10 Å². The monoisotopic (exact) mass is 253 g/mol. The molecule has 16 heavy (non-hydrogen) atoms. The number of aryl methyl sites for hydroxylation is 1. The van der Waals surface area contributed by atoms with Crippen molar-refractivity contribution in [2.75, 3.05) is 20.6 Å². The molecule has 0 aliphatic heterocycles. The first kappa shape index (κ1) is 16.3. The molecule has 0 N–H and O–H groups in total. The fourth-order valence-corrected chi connectivity index (χ4v) is 2.06. The fourth-order valence-electron chi connectivity index (χ4n) is 1.43. The van der Waals surface area contributed by atoms with Crippen molar-refractivity contribution >= 4 is 11.1 Å². The third-order valence-corrected chi connectivity index (χ3v) is 3.16. The van der Waals surface area contributed by atoms with E-state index in [1.165, 1.54) is 0 Å². The van der Waals surface area contributed by atoms with E-state index in [9.17, 15) is 8.76 Å². The molecular formula is C9H16N3NaO2S. The summed E-state index contributed by atoms with van der Waals surface area (Å²) in [5.41, 5.74) is 1.28. The van der Waals surface area contributed by atoms with Gasteiger partial charge in [0.15, 0.2) is 0 Å².